The molecule has 2 rings (SSSR count). The van der Waals surface area contributed by atoms with Crippen LogP contribution in [0.5, 0.6) is 5.75 Å². The Bertz CT molecular complexity index is 916. The van der Waals surface area contributed by atoms with Crippen LogP contribution in [-0.4, -0.2) is 33.8 Å². The molecule has 0 heterocycles. The van der Waals surface area contributed by atoms with Crippen LogP contribution in [0.2, 0.25) is 10.0 Å². The van der Waals surface area contributed by atoms with Crippen molar-refractivity contribution in [3.8, 4) is 5.75 Å². The molecule has 3 N–H and O–H groups in total. The van der Waals surface area contributed by atoms with Gasteiger partial charge < -0.3 is 15.8 Å². The van der Waals surface area contributed by atoms with Gasteiger partial charge >= 0.3 is 0 Å². The fraction of sp³-hybridized carbons (Fsp3) is 0.278. The Morgan fingerprint density at radius 2 is 1.89 bits per heavy atom. The van der Waals surface area contributed by atoms with Gasteiger partial charge in [-0.25, -0.2) is 13.4 Å². The largest absolute Gasteiger partial charge is 0.492 e. The lowest BCUT2D eigenvalue weighted by Gasteiger charge is -2.16. The zero-order chi connectivity index (χ0) is 20.0. The summed E-state index contributed by atoms with van der Waals surface area (Å²) in [5, 5.41) is 4.18. The van der Waals surface area contributed by atoms with Crippen molar-refractivity contribution in [1.29, 1.82) is 0 Å². The molecule has 0 spiro atoms. The van der Waals surface area contributed by atoms with Crippen molar-refractivity contribution in [1.82, 2.24) is 5.32 Å². The number of ether oxygens (including phenoxy) is 1. The molecule has 0 aliphatic rings. The van der Waals surface area contributed by atoms with Crippen LogP contribution in [0.1, 0.15) is 18.5 Å². The number of nitrogens with two attached hydrogens (primary N) is 1. The third kappa shape index (κ3) is 6.61. The van der Waals surface area contributed by atoms with E-state index >= 15 is 0 Å². The summed E-state index contributed by atoms with van der Waals surface area (Å²) in [6.45, 7) is 2.56. The van der Waals surface area contributed by atoms with Gasteiger partial charge in [0.05, 0.1) is 17.5 Å². The average molecular weight is 430 g/mol. The van der Waals surface area contributed by atoms with Crippen LogP contribution in [0.25, 0.3) is 0 Å². The zero-order valence-corrected chi connectivity index (χ0v) is 17.3. The number of rotatable bonds is 7. The van der Waals surface area contributed by atoms with Gasteiger partial charge in [-0.2, -0.15) is 0 Å². The van der Waals surface area contributed by atoms with Crippen molar-refractivity contribution in [3.63, 3.8) is 0 Å². The molecule has 0 saturated heterocycles. The fourth-order valence-corrected chi connectivity index (χ4v) is 3.51. The summed E-state index contributed by atoms with van der Waals surface area (Å²) in [4.78, 5) is 4.45. The maximum absolute atomic E-state index is 11.4. The van der Waals surface area contributed by atoms with Gasteiger partial charge in [0.1, 0.15) is 12.4 Å². The molecular weight excluding hydrogens is 409 g/mol. The Morgan fingerprint density at radius 3 is 2.48 bits per heavy atom. The molecule has 0 amide bonds. The molecule has 0 aliphatic heterocycles. The highest BCUT2D eigenvalue weighted by atomic mass is 35.5. The number of hydrogen-bond donors (Lipinski definition) is 2. The minimum atomic E-state index is -3.21. The van der Waals surface area contributed by atoms with E-state index in [1.54, 1.807) is 24.3 Å². The summed E-state index contributed by atoms with van der Waals surface area (Å²) in [7, 11) is -3.21. The van der Waals surface area contributed by atoms with Crippen molar-refractivity contribution < 1.29 is 13.2 Å². The number of nitrogens with zero attached hydrogens (tertiary/aromatic N) is 1. The highest BCUT2D eigenvalue weighted by Crippen LogP contribution is 2.25. The molecule has 0 aliphatic carbocycles. The van der Waals surface area contributed by atoms with E-state index < -0.39 is 9.84 Å². The van der Waals surface area contributed by atoms with Gasteiger partial charge in [0.15, 0.2) is 15.8 Å². The van der Waals surface area contributed by atoms with E-state index in [1.807, 2.05) is 13.0 Å². The highest BCUT2D eigenvalue weighted by molar-refractivity contribution is 7.90. The topological polar surface area (TPSA) is 93.8 Å². The van der Waals surface area contributed by atoms with Crippen molar-refractivity contribution in [2.45, 2.75) is 17.9 Å². The number of nitrogens with one attached hydrogen (secondary N) is 1. The van der Waals surface area contributed by atoms with E-state index in [-0.39, 0.29) is 16.9 Å². The predicted octanol–water partition coefficient (Wildman–Crippen LogP) is 3.44. The number of aliphatic imine (C=N–C) groups is 1. The first-order valence-electron chi connectivity index (χ1n) is 8.11. The van der Waals surface area contributed by atoms with E-state index in [9.17, 15) is 8.42 Å². The van der Waals surface area contributed by atoms with Crippen LogP contribution in [0.15, 0.2) is 52.4 Å². The quantitative estimate of drug-likeness (QED) is 0.399. The molecule has 27 heavy (non-hydrogen) atoms. The number of guanidine groups is 1. The second kappa shape index (κ2) is 9.30. The van der Waals surface area contributed by atoms with Gasteiger partial charge in [-0.1, -0.05) is 29.3 Å². The van der Waals surface area contributed by atoms with Crippen LogP contribution in [-0.2, 0) is 9.84 Å². The molecule has 2 aromatic rings. The van der Waals surface area contributed by atoms with Crippen LogP contribution in [0.4, 0.5) is 0 Å². The molecule has 1 atom stereocenters. The molecule has 146 valence electrons. The Morgan fingerprint density at radius 1 is 1.22 bits per heavy atom. The Labute approximate surface area is 169 Å². The molecule has 0 aromatic heterocycles. The molecule has 0 fully saturated rings. The van der Waals surface area contributed by atoms with Gasteiger partial charge in [-0.05, 0) is 48.9 Å². The van der Waals surface area contributed by atoms with Crippen LogP contribution in [0, 0.1) is 0 Å². The standard InChI is InChI=1S/C18H21Cl2N3O3S/c1-12(16-8-3-13(19)11-17(16)20)23-18(21)22-9-10-26-14-4-6-15(7-5-14)27(2,24)25/h3-8,11-12H,9-10H2,1-2H3,(H3,21,22,23). The van der Waals surface area contributed by atoms with Gasteiger partial charge in [-0.3, -0.25) is 0 Å². The normalized spacial score (nSPS) is 13.3. The highest BCUT2D eigenvalue weighted by Gasteiger charge is 2.10. The van der Waals surface area contributed by atoms with E-state index in [0.717, 1.165) is 11.8 Å². The predicted molar refractivity (Wildman–Crippen MR) is 110 cm³/mol. The molecule has 9 heteroatoms. The lowest BCUT2D eigenvalue weighted by Crippen LogP contribution is -2.34. The van der Waals surface area contributed by atoms with Crippen LogP contribution in [0.3, 0.4) is 0 Å². The maximum Gasteiger partial charge on any atom is 0.189 e. The van der Waals surface area contributed by atoms with E-state index in [2.05, 4.69) is 10.3 Å². The van der Waals surface area contributed by atoms with Gasteiger partial charge in [0, 0.05) is 16.3 Å². The summed E-state index contributed by atoms with van der Waals surface area (Å²) in [5.41, 5.74) is 6.75. The number of halogens is 2. The minimum Gasteiger partial charge on any atom is -0.492 e. The molecular formula is C18H21Cl2N3O3S. The number of sulfone groups is 1. The molecule has 0 radical (unpaired) electrons. The molecule has 1 unspecified atom stereocenters. The second-order valence-corrected chi connectivity index (χ2v) is 8.75. The monoisotopic (exact) mass is 429 g/mol. The smallest absolute Gasteiger partial charge is 0.189 e. The SMILES string of the molecule is CC(NC(N)=NCCOc1ccc(S(C)(=O)=O)cc1)c1ccc(Cl)cc1Cl. The van der Waals surface area contributed by atoms with Crippen LogP contribution < -0.4 is 15.8 Å². The third-order valence-electron chi connectivity index (χ3n) is 3.69. The first-order valence-corrected chi connectivity index (χ1v) is 10.8. The Balaban J connectivity index is 1.83. The zero-order valence-electron chi connectivity index (χ0n) is 14.9. The molecule has 0 saturated carbocycles. The number of benzene rings is 2. The average Bonchev–Trinajstić information content (AvgIpc) is 2.58. The fourth-order valence-electron chi connectivity index (χ4n) is 2.31. The van der Waals surface area contributed by atoms with Crippen molar-refractivity contribution in [2.24, 2.45) is 10.7 Å². The second-order valence-electron chi connectivity index (χ2n) is 5.89. The summed E-state index contributed by atoms with van der Waals surface area (Å²) < 4.78 is 28.4. The number of hydrogen-bond acceptors (Lipinski definition) is 4. The van der Waals surface area contributed by atoms with Gasteiger partial charge in [0.25, 0.3) is 0 Å². The van der Waals surface area contributed by atoms with Gasteiger partial charge in [-0.15, -0.1) is 0 Å². The lowest BCUT2D eigenvalue weighted by atomic mass is 10.1. The summed E-state index contributed by atoms with van der Waals surface area (Å²) in [5.74, 6) is 0.829. The van der Waals surface area contributed by atoms with Gasteiger partial charge in [0.2, 0.25) is 0 Å². The summed E-state index contributed by atoms with van der Waals surface area (Å²) in [6.07, 6.45) is 1.16. The minimum absolute atomic E-state index is 0.136. The first kappa shape index (κ1) is 21.3. The van der Waals surface area contributed by atoms with Crippen molar-refractivity contribution >= 4 is 39.0 Å². The maximum atomic E-state index is 11.4. The molecule has 6 nitrogen and oxygen atoms in total. The van der Waals surface area contributed by atoms with Crippen molar-refractivity contribution in [3.05, 3.63) is 58.1 Å². The van der Waals surface area contributed by atoms with E-state index in [1.165, 1.54) is 12.1 Å². The first-order chi connectivity index (χ1) is 12.7. The van der Waals surface area contributed by atoms with E-state index in [4.69, 9.17) is 33.7 Å². The Hall–Kier alpha value is -1.96. The molecule has 0 bridgehead atoms. The summed E-state index contributed by atoms with van der Waals surface area (Å²) in [6, 6.07) is 11.3. The lowest BCUT2D eigenvalue weighted by molar-refractivity contribution is 0.328. The van der Waals surface area contributed by atoms with Crippen molar-refractivity contribution in [2.75, 3.05) is 19.4 Å². The van der Waals surface area contributed by atoms with Crippen LogP contribution >= 0.6 is 23.2 Å². The molecule has 2 aromatic carbocycles. The summed E-state index contributed by atoms with van der Waals surface area (Å²) >= 11 is 12.1. The van der Waals surface area contributed by atoms with E-state index in [0.29, 0.717) is 28.9 Å². The third-order valence-corrected chi connectivity index (χ3v) is 5.38. The Kier molecular flexibility index (Phi) is 7.35.